The average molecular weight is 183 g/mol. The number of halogens is 1. The molecule has 0 heterocycles. The average Bonchev–Trinajstić information content (AvgIpc) is 2.08. The molecule has 0 spiro atoms. The van der Waals surface area contributed by atoms with Crippen molar-refractivity contribution in [2.24, 2.45) is 5.73 Å². The zero-order valence-electron chi connectivity index (χ0n) is 7.12. The Hall–Kier alpha value is -1.42. The normalized spacial score (nSPS) is 12.5. The number of carbonyl (C=O) groups is 1. The molecule has 1 unspecified atom stereocenters. The van der Waals surface area contributed by atoms with Crippen molar-refractivity contribution in [1.82, 2.24) is 0 Å². The van der Waals surface area contributed by atoms with Gasteiger partial charge in [0, 0.05) is 0 Å². The topological polar surface area (TPSA) is 63.3 Å². The molecule has 70 valence electrons. The number of primary amides is 1. The maximum atomic E-state index is 12.8. The van der Waals surface area contributed by atoms with Crippen LogP contribution in [0.1, 0.15) is 17.2 Å². The number of amides is 1. The van der Waals surface area contributed by atoms with Crippen LogP contribution in [0, 0.1) is 12.7 Å². The highest BCUT2D eigenvalue weighted by Gasteiger charge is 2.14. The molecule has 1 rings (SSSR count). The molecule has 0 aliphatic carbocycles. The molecular weight excluding hydrogens is 173 g/mol. The third kappa shape index (κ3) is 2.03. The summed E-state index contributed by atoms with van der Waals surface area (Å²) < 4.78 is 12.8. The molecule has 0 fully saturated rings. The molecular formula is C9H10FNO2. The number of aliphatic hydroxyl groups excluding tert-OH is 1. The van der Waals surface area contributed by atoms with Crippen molar-refractivity contribution in [2.75, 3.05) is 0 Å². The van der Waals surface area contributed by atoms with Gasteiger partial charge in [0.2, 0.25) is 0 Å². The first-order chi connectivity index (χ1) is 6.02. The molecule has 1 aromatic carbocycles. The van der Waals surface area contributed by atoms with Gasteiger partial charge in [-0.3, -0.25) is 4.79 Å². The van der Waals surface area contributed by atoms with E-state index >= 15 is 0 Å². The lowest BCUT2D eigenvalue weighted by Gasteiger charge is -2.07. The lowest BCUT2D eigenvalue weighted by Crippen LogP contribution is -2.20. The molecule has 0 bridgehead atoms. The van der Waals surface area contributed by atoms with Crippen molar-refractivity contribution in [3.8, 4) is 0 Å². The Kier molecular flexibility index (Phi) is 2.63. The number of hydrogen-bond acceptors (Lipinski definition) is 2. The van der Waals surface area contributed by atoms with Gasteiger partial charge in [0.15, 0.2) is 6.10 Å². The van der Waals surface area contributed by atoms with E-state index in [1.807, 2.05) is 0 Å². The second kappa shape index (κ2) is 3.53. The predicted octanol–water partition coefficient (Wildman–Crippen LogP) is 0.653. The first-order valence-electron chi connectivity index (χ1n) is 3.76. The van der Waals surface area contributed by atoms with E-state index in [4.69, 9.17) is 5.73 Å². The van der Waals surface area contributed by atoms with Gasteiger partial charge in [-0.1, -0.05) is 12.1 Å². The van der Waals surface area contributed by atoms with Gasteiger partial charge in [-0.15, -0.1) is 0 Å². The van der Waals surface area contributed by atoms with Gasteiger partial charge in [0.25, 0.3) is 5.91 Å². The van der Waals surface area contributed by atoms with Crippen LogP contribution in [0.25, 0.3) is 0 Å². The molecule has 3 nitrogen and oxygen atoms in total. The van der Waals surface area contributed by atoms with Crippen molar-refractivity contribution in [1.29, 1.82) is 0 Å². The standard InChI is InChI=1S/C9H10FNO2/c1-5-4-6(2-3-7(5)10)8(12)9(11)13/h2-4,8,12H,1H3,(H2,11,13). The summed E-state index contributed by atoms with van der Waals surface area (Å²) in [5.41, 5.74) is 5.56. The Morgan fingerprint density at radius 1 is 1.62 bits per heavy atom. The number of nitrogens with two attached hydrogens (primary N) is 1. The van der Waals surface area contributed by atoms with E-state index in [-0.39, 0.29) is 5.82 Å². The summed E-state index contributed by atoms with van der Waals surface area (Å²) in [6.45, 7) is 1.55. The van der Waals surface area contributed by atoms with Gasteiger partial charge in [-0.2, -0.15) is 0 Å². The van der Waals surface area contributed by atoms with E-state index < -0.39 is 12.0 Å². The summed E-state index contributed by atoms with van der Waals surface area (Å²) in [7, 11) is 0. The summed E-state index contributed by atoms with van der Waals surface area (Å²) in [6.07, 6.45) is -1.36. The van der Waals surface area contributed by atoms with Gasteiger partial charge in [-0.05, 0) is 24.1 Å². The smallest absolute Gasteiger partial charge is 0.250 e. The summed E-state index contributed by atoms with van der Waals surface area (Å²) in [5.74, 6) is -1.22. The van der Waals surface area contributed by atoms with Crippen molar-refractivity contribution >= 4 is 5.91 Å². The summed E-state index contributed by atoms with van der Waals surface area (Å²) >= 11 is 0. The minimum atomic E-state index is -1.36. The van der Waals surface area contributed by atoms with Crippen LogP contribution in [0.3, 0.4) is 0 Å². The zero-order chi connectivity index (χ0) is 10.0. The highest BCUT2D eigenvalue weighted by molar-refractivity contribution is 5.80. The predicted molar refractivity (Wildman–Crippen MR) is 45.3 cm³/mol. The van der Waals surface area contributed by atoms with Crippen molar-refractivity contribution in [2.45, 2.75) is 13.0 Å². The molecule has 0 aromatic heterocycles. The first kappa shape index (κ1) is 9.67. The molecule has 0 radical (unpaired) electrons. The number of aliphatic hydroxyl groups is 1. The van der Waals surface area contributed by atoms with E-state index in [1.165, 1.54) is 18.2 Å². The van der Waals surface area contributed by atoms with Crippen LogP contribution in [-0.2, 0) is 4.79 Å². The van der Waals surface area contributed by atoms with E-state index in [0.29, 0.717) is 11.1 Å². The van der Waals surface area contributed by atoms with Crippen LogP contribution in [-0.4, -0.2) is 11.0 Å². The van der Waals surface area contributed by atoms with Crippen LogP contribution in [0.5, 0.6) is 0 Å². The molecule has 13 heavy (non-hydrogen) atoms. The van der Waals surface area contributed by atoms with Crippen molar-refractivity contribution in [3.63, 3.8) is 0 Å². The molecule has 0 aliphatic heterocycles. The lowest BCUT2D eigenvalue weighted by molar-refractivity contribution is -0.126. The quantitative estimate of drug-likeness (QED) is 0.707. The minimum absolute atomic E-state index is 0.311. The molecule has 0 saturated heterocycles. The van der Waals surface area contributed by atoms with E-state index in [0.717, 1.165) is 0 Å². The molecule has 3 N–H and O–H groups in total. The van der Waals surface area contributed by atoms with E-state index in [1.54, 1.807) is 6.92 Å². The molecule has 1 amide bonds. The maximum absolute atomic E-state index is 12.8. The number of aryl methyl sites for hydroxylation is 1. The van der Waals surface area contributed by atoms with Crippen molar-refractivity contribution < 1.29 is 14.3 Å². The molecule has 1 atom stereocenters. The van der Waals surface area contributed by atoms with Crippen molar-refractivity contribution in [3.05, 3.63) is 35.1 Å². The monoisotopic (exact) mass is 183 g/mol. The van der Waals surface area contributed by atoms with E-state index in [2.05, 4.69) is 0 Å². The largest absolute Gasteiger partial charge is 0.378 e. The van der Waals surface area contributed by atoms with Gasteiger partial charge in [-0.25, -0.2) is 4.39 Å². The van der Waals surface area contributed by atoms with Crippen LogP contribution >= 0.6 is 0 Å². The second-order valence-electron chi connectivity index (χ2n) is 2.81. The van der Waals surface area contributed by atoms with Gasteiger partial charge in [0.1, 0.15) is 5.82 Å². The van der Waals surface area contributed by atoms with Crippen LogP contribution in [0.15, 0.2) is 18.2 Å². The Labute approximate surface area is 75.0 Å². The third-order valence-corrected chi connectivity index (χ3v) is 1.77. The maximum Gasteiger partial charge on any atom is 0.250 e. The number of rotatable bonds is 2. The van der Waals surface area contributed by atoms with Crippen LogP contribution in [0.2, 0.25) is 0 Å². The van der Waals surface area contributed by atoms with Crippen LogP contribution < -0.4 is 5.73 Å². The van der Waals surface area contributed by atoms with Gasteiger partial charge < -0.3 is 10.8 Å². The molecule has 0 saturated carbocycles. The first-order valence-corrected chi connectivity index (χ1v) is 3.76. The molecule has 4 heteroatoms. The number of benzene rings is 1. The minimum Gasteiger partial charge on any atom is -0.378 e. The summed E-state index contributed by atoms with van der Waals surface area (Å²) in [5, 5.41) is 9.22. The second-order valence-corrected chi connectivity index (χ2v) is 2.81. The highest BCUT2D eigenvalue weighted by atomic mass is 19.1. The number of carbonyl (C=O) groups excluding carboxylic acids is 1. The Morgan fingerprint density at radius 3 is 2.69 bits per heavy atom. The fourth-order valence-electron chi connectivity index (χ4n) is 1.00. The number of hydrogen-bond donors (Lipinski definition) is 2. The lowest BCUT2D eigenvalue weighted by atomic mass is 10.1. The highest BCUT2D eigenvalue weighted by Crippen LogP contribution is 2.15. The van der Waals surface area contributed by atoms with Gasteiger partial charge in [0.05, 0.1) is 0 Å². The Bertz CT molecular complexity index is 338. The fraction of sp³-hybridized carbons (Fsp3) is 0.222. The van der Waals surface area contributed by atoms with E-state index in [9.17, 15) is 14.3 Å². The summed E-state index contributed by atoms with van der Waals surface area (Å²) in [4.78, 5) is 10.6. The van der Waals surface area contributed by atoms with Crippen LogP contribution in [0.4, 0.5) is 4.39 Å². The fourth-order valence-corrected chi connectivity index (χ4v) is 1.00. The SMILES string of the molecule is Cc1cc(C(O)C(N)=O)ccc1F. The Morgan fingerprint density at radius 2 is 2.23 bits per heavy atom. The molecule has 0 aliphatic rings. The zero-order valence-corrected chi connectivity index (χ0v) is 7.12. The summed E-state index contributed by atoms with van der Waals surface area (Å²) in [6, 6.07) is 3.92. The van der Waals surface area contributed by atoms with Gasteiger partial charge >= 0.3 is 0 Å². The Balaban J connectivity index is 3.03. The molecule has 1 aromatic rings. The third-order valence-electron chi connectivity index (χ3n) is 1.77.